The van der Waals surface area contributed by atoms with Gasteiger partial charge >= 0.3 is 5.97 Å². The standard InChI is InChI=1S/C12H16ClNO3S2/c1-3-17-12(16)8-18-7-11(15)14(2)6-9-4-5-10(13)19-9/h4-5H,3,6-8H2,1-2H3. The van der Waals surface area contributed by atoms with Crippen molar-refractivity contribution in [1.29, 1.82) is 0 Å². The molecule has 106 valence electrons. The Morgan fingerprint density at radius 1 is 1.42 bits per heavy atom. The highest BCUT2D eigenvalue weighted by Gasteiger charge is 2.12. The van der Waals surface area contributed by atoms with Gasteiger partial charge in [-0.2, -0.15) is 0 Å². The molecule has 1 amide bonds. The highest BCUT2D eigenvalue weighted by atomic mass is 35.5. The molecule has 1 rings (SSSR count). The summed E-state index contributed by atoms with van der Waals surface area (Å²) in [5.41, 5.74) is 0. The molecule has 0 unspecified atom stereocenters. The van der Waals surface area contributed by atoms with Crippen molar-refractivity contribution in [3.63, 3.8) is 0 Å². The van der Waals surface area contributed by atoms with Gasteiger partial charge in [0.05, 0.1) is 29.0 Å². The van der Waals surface area contributed by atoms with Crippen LogP contribution in [0.2, 0.25) is 4.34 Å². The van der Waals surface area contributed by atoms with Crippen molar-refractivity contribution >= 4 is 46.6 Å². The Bertz CT molecular complexity index is 436. The first-order valence-corrected chi connectivity index (χ1v) is 8.09. The van der Waals surface area contributed by atoms with Gasteiger partial charge in [-0.15, -0.1) is 23.1 Å². The summed E-state index contributed by atoms with van der Waals surface area (Å²) in [4.78, 5) is 25.6. The van der Waals surface area contributed by atoms with Crippen molar-refractivity contribution in [2.75, 3.05) is 25.2 Å². The minimum atomic E-state index is -0.284. The average molecular weight is 322 g/mol. The van der Waals surface area contributed by atoms with Crippen LogP contribution < -0.4 is 0 Å². The van der Waals surface area contributed by atoms with Gasteiger partial charge in [-0.05, 0) is 19.1 Å². The van der Waals surface area contributed by atoms with Crippen molar-refractivity contribution in [3.05, 3.63) is 21.3 Å². The van der Waals surface area contributed by atoms with Crippen LogP contribution in [0.1, 0.15) is 11.8 Å². The Hall–Kier alpha value is -0.720. The second-order valence-corrected chi connectivity index (χ2v) is 6.54. The summed E-state index contributed by atoms with van der Waals surface area (Å²) in [5.74, 6) is 0.180. The van der Waals surface area contributed by atoms with E-state index in [0.29, 0.717) is 17.5 Å². The van der Waals surface area contributed by atoms with E-state index in [2.05, 4.69) is 0 Å². The molecule has 0 radical (unpaired) electrons. The second kappa shape index (κ2) is 8.45. The summed E-state index contributed by atoms with van der Waals surface area (Å²) in [7, 11) is 1.74. The van der Waals surface area contributed by atoms with Gasteiger partial charge in [0.15, 0.2) is 0 Å². The topological polar surface area (TPSA) is 46.6 Å². The lowest BCUT2D eigenvalue weighted by Crippen LogP contribution is -2.27. The van der Waals surface area contributed by atoms with Gasteiger partial charge < -0.3 is 9.64 Å². The monoisotopic (exact) mass is 321 g/mol. The quantitative estimate of drug-likeness (QED) is 0.724. The maximum atomic E-state index is 11.8. The Balaban J connectivity index is 2.27. The largest absolute Gasteiger partial charge is 0.465 e. The maximum Gasteiger partial charge on any atom is 0.315 e. The number of esters is 1. The van der Waals surface area contributed by atoms with Gasteiger partial charge in [-0.25, -0.2) is 0 Å². The zero-order chi connectivity index (χ0) is 14.3. The number of thiophene rings is 1. The number of amides is 1. The number of carbonyl (C=O) groups is 2. The number of hydrogen-bond donors (Lipinski definition) is 0. The molecule has 0 spiro atoms. The van der Waals surface area contributed by atoms with Gasteiger partial charge in [-0.3, -0.25) is 9.59 Å². The Kier molecular flexibility index (Phi) is 7.27. The molecule has 1 aromatic heterocycles. The number of nitrogens with zero attached hydrogens (tertiary/aromatic N) is 1. The van der Waals surface area contributed by atoms with Crippen molar-refractivity contribution in [3.8, 4) is 0 Å². The van der Waals surface area contributed by atoms with Crippen LogP contribution in [0.25, 0.3) is 0 Å². The van der Waals surface area contributed by atoms with Crippen LogP contribution in [0.4, 0.5) is 0 Å². The molecule has 0 saturated carbocycles. The molecular weight excluding hydrogens is 306 g/mol. The summed E-state index contributed by atoms with van der Waals surface area (Å²) >= 11 is 8.56. The third-order valence-corrected chi connectivity index (χ3v) is 4.31. The lowest BCUT2D eigenvalue weighted by Gasteiger charge is -2.15. The number of hydrogen-bond acceptors (Lipinski definition) is 5. The van der Waals surface area contributed by atoms with Crippen LogP contribution in [-0.4, -0.2) is 41.9 Å². The van der Waals surface area contributed by atoms with Gasteiger partial charge in [0.1, 0.15) is 0 Å². The van der Waals surface area contributed by atoms with E-state index >= 15 is 0 Å². The van der Waals surface area contributed by atoms with Crippen LogP contribution in [0.15, 0.2) is 12.1 Å². The number of carbonyl (C=O) groups excluding carboxylic acids is 2. The lowest BCUT2D eigenvalue weighted by atomic mass is 10.4. The predicted molar refractivity (Wildman–Crippen MR) is 79.8 cm³/mol. The van der Waals surface area contributed by atoms with E-state index in [1.165, 1.54) is 23.1 Å². The number of halogens is 1. The van der Waals surface area contributed by atoms with Crippen LogP contribution in [0.5, 0.6) is 0 Å². The summed E-state index contributed by atoms with van der Waals surface area (Å²) in [6.45, 7) is 2.66. The van der Waals surface area contributed by atoms with E-state index in [1.54, 1.807) is 18.9 Å². The van der Waals surface area contributed by atoms with E-state index in [-0.39, 0.29) is 23.4 Å². The molecule has 0 atom stereocenters. The highest BCUT2D eigenvalue weighted by Crippen LogP contribution is 2.22. The summed E-state index contributed by atoms with van der Waals surface area (Å²) in [5, 5.41) is 0. The minimum Gasteiger partial charge on any atom is -0.465 e. The van der Waals surface area contributed by atoms with Crippen LogP contribution in [-0.2, 0) is 20.9 Å². The third-order valence-electron chi connectivity index (χ3n) is 2.20. The Labute approximate surface area is 126 Å². The van der Waals surface area contributed by atoms with Gasteiger partial charge in [0, 0.05) is 11.9 Å². The molecule has 1 heterocycles. The van der Waals surface area contributed by atoms with Gasteiger partial charge in [-0.1, -0.05) is 11.6 Å². The Morgan fingerprint density at radius 2 is 2.16 bits per heavy atom. The first-order valence-electron chi connectivity index (χ1n) is 5.74. The molecule has 4 nitrogen and oxygen atoms in total. The molecule has 1 aromatic rings. The zero-order valence-corrected chi connectivity index (χ0v) is 13.2. The van der Waals surface area contributed by atoms with Crippen LogP contribution in [0.3, 0.4) is 0 Å². The molecule has 0 aromatic carbocycles. The average Bonchev–Trinajstić information content (AvgIpc) is 2.75. The zero-order valence-electron chi connectivity index (χ0n) is 10.8. The summed E-state index contributed by atoms with van der Waals surface area (Å²) < 4.78 is 5.50. The van der Waals surface area contributed by atoms with Gasteiger partial charge in [0.2, 0.25) is 5.91 Å². The van der Waals surface area contributed by atoms with Crippen molar-refractivity contribution < 1.29 is 14.3 Å². The van der Waals surface area contributed by atoms with Crippen molar-refractivity contribution in [2.45, 2.75) is 13.5 Å². The van der Waals surface area contributed by atoms with Gasteiger partial charge in [0.25, 0.3) is 0 Å². The van der Waals surface area contributed by atoms with E-state index in [9.17, 15) is 9.59 Å². The Morgan fingerprint density at radius 3 is 2.74 bits per heavy atom. The molecule has 0 fully saturated rings. The maximum absolute atomic E-state index is 11.8. The van der Waals surface area contributed by atoms with E-state index < -0.39 is 0 Å². The third kappa shape index (κ3) is 6.31. The molecule has 0 aliphatic heterocycles. The van der Waals surface area contributed by atoms with Crippen molar-refractivity contribution in [2.24, 2.45) is 0 Å². The fraction of sp³-hybridized carbons (Fsp3) is 0.500. The van der Waals surface area contributed by atoms with Crippen LogP contribution in [0, 0.1) is 0 Å². The highest BCUT2D eigenvalue weighted by molar-refractivity contribution is 8.00. The SMILES string of the molecule is CCOC(=O)CSCC(=O)N(C)Cc1ccc(Cl)s1. The predicted octanol–water partition coefficient (Wildman–Crippen LogP) is 2.66. The first kappa shape index (κ1) is 16.3. The molecule has 7 heteroatoms. The number of rotatable bonds is 7. The van der Waals surface area contributed by atoms with E-state index in [0.717, 1.165) is 4.88 Å². The second-order valence-electron chi connectivity index (χ2n) is 3.75. The summed E-state index contributed by atoms with van der Waals surface area (Å²) in [6, 6.07) is 3.72. The molecule has 0 aliphatic carbocycles. The fourth-order valence-electron chi connectivity index (χ4n) is 1.29. The van der Waals surface area contributed by atoms with E-state index in [1.807, 2.05) is 12.1 Å². The smallest absolute Gasteiger partial charge is 0.315 e. The van der Waals surface area contributed by atoms with Crippen LogP contribution >= 0.6 is 34.7 Å². The van der Waals surface area contributed by atoms with Crippen molar-refractivity contribution in [1.82, 2.24) is 4.90 Å². The molecule has 0 saturated heterocycles. The normalized spacial score (nSPS) is 10.3. The van der Waals surface area contributed by atoms with E-state index in [4.69, 9.17) is 16.3 Å². The molecule has 19 heavy (non-hydrogen) atoms. The fourth-order valence-corrected chi connectivity index (χ4v) is 3.18. The minimum absolute atomic E-state index is 0.0150. The number of ether oxygens (including phenoxy) is 1. The molecular formula is C12H16ClNO3S2. The number of thioether (sulfide) groups is 1. The lowest BCUT2D eigenvalue weighted by molar-refractivity contribution is -0.139. The molecule has 0 N–H and O–H groups in total. The molecule has 0 aliphatic rings. The molecule has 0 bridgehead atoms. The summed E-state index contributed by atoms with van der Waals surface area (Å²) in [6.07, 6.45) is 0. The first-order chi connectivity index (χ1) is 9.02.